The minimum Gasteiger partial charge on any atom is -0.315 e. The lowest BCUT2D eigenvalue weighted by molar-refractivity contribution is -0.119. The Kier molecular flexibility index (Phi) is 5.26. The summed E-state index contributed by atoms with van der Waals surface area (Å²) < 4.78 is 0.666. The van der Waals surface area contributed by atoms with Gasteiger partial charge in [0.05, 0.1) is 20.5 Å². The maximum absolute atomic E-state index is 12.9. The zero-order chi connectivity index (χ0) is 21.6. The molecule has 4 rings (SSSR count). The molecule has 1 aliphatic heterocycles. The number of carbonyl (C=O) groups is 3. The molecule has 2 heterocycles. The Bertz CT molecular complexity index is 1160. The van der Waals surface area contributed by atoms with Gasteiger partial charge < -0.3 is 5.32 Å². The maximum Gasteiger partial charge on any atom is 0.262 e. The Hall–Kier alpha value is -2.89. The van der Waals surface area contributed by atoms with Crippen LogP contribution in [0.2, 0.25) is 0 Å². The predicted octanol–water partition coefficient (Wildman–Crippen LogP) is 4.10. The molecule has 0 saturated heterocycles. The summed E-state index contributed by atoms with van der Waals surface area (Å²) in [5, 5.41) is 12.9. The highest BCUT2D eigenvalue weighted by Gasteiger charge is 2.40. The molecule has 0 bridgehead atoms. The highest BCUT2D eigenvalue weighted by atomic mass is 32.1. The van der Waals surface area contributed by atoms with Crippen molar-refractivity contribution in [3.05, 3.63) is 55.9 Å². The summed E-state index contributed by atoms with van der Waals surface area (Å²) >= 11 is 6.73. The van der Waals surface area contributed by atoms with E-state index in [9.17, 15) is 19.6 Å². The molecular weight excluding hydrogens is 418 g/mol. The summed E-state index contributed by atoms with van der Waals surface area (Å²) in [6.45, 7) is 3.66. The normalized spacial score (nSPS) is 18.4. The molecule has 1 aliphatic carbocycles. The van der Waals surface area contributed by atoms with E-state index in [0.717, 1.165) is 35.3 Å². The zero-order valence-corrected chi connectivity index (χ0v) is 18.2. The van der Waals surface area contributed by atoms with E-state index < -0.39 is 23.8 Å². The molecule has 6 nitrogen and oxygen atoms in total. The molecule has 1 aromatic carbocycles. The van der Waals surface area contributed by atoms with Crippen LogP contribution in [0.25, 0.3) is 0 Å². The van der Waals surface area contributed by atoms with Crippen molar-refractivity contribution in [3.8, 4) is 6.07 Å². The molecule has 30 heavy (non-hydrogen) atoms. The molecule has 0 saturated carbocycles. The number of fused-ring (bicyclic) bond motifs is 2. The van der Waals surface area contributed by atoms with E-state index >= 15 is 0 Å². The third-order valence-electron chi connectivity index (χ3n) is 5.71. The fourth-order valence-electron chi connectivity index (χ4n) is 4.04. The number of nitrogens with one attached hydrogen (secondary N) is 1. The Morgan fingerprint density at radius 1 is 1.27 bits per heavy atom. The van der Waals surface area contributed by atoms with Crippen LogP contribution in [0.15, 0.2) is 24.3 Å². The average Bonchev–Trinajstić information content (AvgIpc) is 2.99. The molecule has 152 valence electrons. The quantitative estimate of drug-likeness (QED) is 0.577. The first-order valence-corrected chi connectivity index (χ1v) is 10.9. The van der Waals surface area contributed by atoms with E-state index in [1.165, 1.54) is 18.3 Å². The Morgan fingerprint density at radius 2 is 1.90 bits per heavy atom. The molecule has 8 heteroatoms. The lowest BCUT2D eigenvalue weighted by atomic mass is 9.85. The second kappa shape index (κ2) is 7.74. The molecule has 2 aliphatic rings. The highest BCUT2D eigenvalue weighted by Crippen LogP contribution is 2.36. The first-order valence-electron chi connectivity index (χ1n) is 9.70. The van der Waals surface area contributed by atoms with Gasteiger partial charge in [0.2, 0.25) is 5.91 Å². The number of hydrogen-bond donors (Lipinski definition) is 1. The molecule has 2 aromatic rings. The Labute approximate surface area is 183 Å². The summed E-state index contributed by atoms with van der Waals surface area (Å²) in [6, 6.07) is 7.69. The number of nitrogens with zero attached hydrogens (tertiary/aromatic N) is 2. The van der Waals surface area contributed by atoms with Crippen LogP contribution >= 0.6 is 23.6 Å². The number of anilines is 1. The first kappa shape index (κ1) is 20.4. The van der Waals surface area contributed by atoms with Crippen molar-refractivity contribution < 1.29 is 14.4 Å². The summed E-state index contributed by atoms with van der Waals surface area (Å²) in [7, 11) is 0. The van der Waals surface area contributed by atoms with Gasteiger partial charge in [-0.05, 0) is 55.4 Å². The smallest absolute Gasteiger partial charge is 0.262 e. The SMILES string of the molecule is CC1CCc2c(C#N)c(NC(=O)C(C)N3C(=O)c4ccccc4C3=O)sc(=S)c2C1. The first-order chi connectivity index (χ1) is 14.3. The molecule has 2 unspecified atom stereocenters. The second-order valence-corrected chi connectivity index (χ2v) is 9.39. The molecule has 1 aromatic heterocycles. The second-order valence-electron chi connectivity index (χ2n) is 7.70. The molecule has 0 spiro atoms. The van der Waals surface area contributed by atoms with Crippen LogP contribution in [0.4, 0.5) is 5.00 Å². The fourth-order valence-corrected chi connectivity index (χ4v) is 5.43. The topological polar surface area (TPSA) is 90.3 Å². The van der Waals surface area contributed by atoms with Crippen LogP contribution < -0.4 is 5.32 Å². The number of carbonyl (C=O) groups excluding carboxylic acids is 3. The highest BCUT2D eigenvalue weighted by molar-refractivity contribution is 7.73. The third kappa shape index (κ3) is 3.24. The van der Waals surface area contributed by atoms with E-state index in [1.807, 2.05) is 0 Å². The van der Waals surface area contributed by atoms with E-state index in [0.29, 0.717) is 31.4 Å². The minimum atomic E-state index is -1.03. The standard InChI is InChI=1S/C22H19N3O3S2/c1-11-7-8-13-16(9-11)22(29)30-19(17(13)10-23)24-18(26)12(2)25-20(27)14-5-3-4-6-15(14)21(25)28/h3-6,11-12H,7-9H2,1-2H3,(H,24,26). The van der Waals surface area contributed by atoms with Crippen LogP contribution in [-0.4, -0.2) is 28.7 Å². The third-order valence-corrected chi connectivity index (χ3v) is 7.15. The van der Waals surface area contributed by atoms with E-state index in [-0.39, 0.29) is 0 Å². The van der Waals surface area contributed by atoms with Crippen molar-refractivity contribution in [2.45, 2.75) is 39.2 Å². The van der Waals surface area contributed by atoms with Gasteiger partial charge in [0.25, 0.3) is 11.8 Å². The molecule has 1 N–H and O–H groups in total. The zero-order valence-electron chi connectivity index (χ0n) is 16.5. The van der Waals surface area contributed by atoms with Crippen LogP contribution in [-0.2, 0) is 17.6 Å². The number of benzene rings is 1. The van der Waals surface area contributed by atoms with E-state index in [1.54, 1.807) is 24.3 Å². The van der Waals surface area contributed by atoms with E-state index in [2.05, 4.69) is 18.3 Å². The lowest BCUT2D eigenvalue weighted by Crippen LogP contribution is -2.45. The van der Waals surface area contributed by atoms with Crippen molar-refractivity contribution in [1.82, 2.24) is 4.90 Å². The Morgan fingerprint density at radius 3 is 2.50 bits per heavy atom. The van der Waals surface area contributed by atoms with Gasteiger partial charge >= 0.3 is 0 Å². The van der Waals surface area contributed by atoms with Crippen LogP contribution in [0.1, 0.15) is 57.7 Å². The van der Waals surface area contributed by atoms with Gasteiger partial charge in [-0.1, -0.05) is 31.3 Å². The number of imide groups is 1. The van der Waals surface area contributed by atoms with Crippen molar-refractivity contribution in [3.63, 3.8) is 0 Å². The average molecular weight is 438 g/mol. The Balaban J connectivity index is 1.63. The summed E-state index contributed by atoms with van der Waals surface area (Å²) in [5.41, 5.74) is 2.94. The largest absolute Gasteiger partial charge is 0.315 e. The number of rotatable bonds is 3. The molecule has 3 amide bonds. The summed E-state index contributed by atoms with van der Waals surface area (Å²) in [6.07, 6.45) is 2.54. The van der Waals surface area contributed by atoms with E-state index in [4.69, 9.17) is 12.2 Å². The number of amides is 3. The van der Waals surface area contributed by atoms with Gasteiger partial charge in [0, 0.05) is 0 Å². The summed E-state index contributed by atoms with van der Waals surface area (Å²) in [5.74, 6) is -1.01. The number of nitriles is 1. The van der Waals surface area contributed by atoms with Crippen LogP contribution in [0, 0.1) is 21.1 Å². The number of hydrogen-bond acceptors (Lipinski definition) is 6. The van der Waals surface area contributed by atoms with Crippen molar-refractivity contribution in [2.24, 2.45) is 5.92 Å². The monoisotopic (exact) mass is 437 g/mol. The van der Waals surface area contributed by atoms with Crippen LogP contribution in [0.5, 0.6) is 0 Å². The molecule has 0 radical (unpaired) electrons. The van der Waals surface area contributed by atoms with Gasteiger partial charge in [-0.15, -0.1) is 11.3 Å². The predicted molar refractivity (Wildman–Crippen MR) is 116 cm³/mol. The molecule has 0 fully saturated rings. The molecule has 2 atom stereocenters. The summed E-state index contributed by atoms with van der Waals surface area (Å²) in [4.78, 5) is 39.2. The van der Waals surface area contributed by atoms with Gasteiger partial charge in [0.15, 0.2) is 0 Å². The minimum absolute atomic E-state index is 0.290. The van der Waals surface area contributed by atoms with Gasteiger partial charge in [0.1, 0.15) is 17.1 Å². The van der Waals surface area contributed by atoms with Gasteiger partial charge in [-0.3, -0.25) is 19.3 Å². The molecular formula is C22H19N3O3S2. The van der Waals surface area contributed by atoms with Crippen molar-refractivity contribution in [1.29, 1.82) is 5.26 Å². The van der Waals surface area contributed by atoms with Gasteiger partial charge in [-0.25, -0.2) is 0 Å². The lowest BCUT2D eigenvalue weighted by Gasteiger charge is -2.25. The van der Waals surface area contributed by atoms with Gasteiger partial charge in [-0.2, -0.15) is 5.26 Å². The van der Waals surface area contributed by atoms with Crippen molar-refractivity contribution in [2.75, 3.05) is 5.32 Å². The van der Waals surface area contributed by atoms with Crippen molar-refractivity contribution >= 4 is 46.3 Å². The van der Waals surface area contributed by atoms with Crippen LogP contribution in [0.3, 0.4) is 0 Å². The fraction of sp³-hybridized carbons (Fsp3) is 0.318. The maximum atomic E-state index is 12.9.